The molecule has 0 unspecified atom stereocenters. The van der Waals surface area contributed by atoms with Gasteiger partial charge in [-0.3, -0.25) is 4.40 Å². The molecule has 3 aromatic heterocycles. The molecule has 5 aromatic rings. The lowest BCUT2D eigenvalue weighted by Crippen LogP contribution is -1.83. The summed E-state index contributed by atoms with van der Waals surface area (Å²) in [5.74, 6) is 1.68. The first-order valence-electron chi connectivity index (χ1n) is 7.87. The molecule has 122 valence electrons. The van der Waals surface area contributed by atoms with E-state index in [0.717, 1.165) is 44.4 Å². The number of ether oxygens (including phenoxy) is 1. The Morgan fingerprint density at radius 3 is 2.68 bits per heavy atom. The summed E-state index contributed by atoms with van der Waals surface area (Å²) in [5.41, 5.74) is 5.01. The Hall–Kier alpha value is -3.12. The Bertz CT molecular complexity index is 1150. The highest BCUT2D eigenvalue weighted by Crippen LogP contribution is 2.27. The number of aromatic nitrogens is 4. The van der Waals surface area contributed by atoms with E-state index in [4.69, 9.17) is 4.74 Å². The van der Waals surface area contributed by atoms with Crippen LogP contribution in [0.5, 0.6) is 5.75 Å². The third-order valence-electron chi connectivity index (χ3n) is 4.23. The van der Waals surface area contributed by atoms with E-state index in [1.165, 1.54) is 0 Å². The molecular formula is C19H14N4OS. The first-order valence-corrected chi connectivity index (χ1v) is 8.75. The maximum absolute atomic E-state index is 5.21. The topological polar surface area (TPSA) is 55.2 Å². The van der Waals surface area contributed by atoms with Gasteiger partial charge >= 0.3 is 0 Å². The summed E-state index contributed by atoms with van der Waals surface area (Å²) in [4.78, 5) is 13.8. The van der Waals surface area contributed by atoms with E-state index in [2.05, 4.69) is 27.1 Å². The summed E-state index contributed by atoms with van der Waals surface area (Å²) in [5, 5.41) is 2.03. The molecule has 5 nitrogen and oxygen atoms in total. The summed E-state index contributed by atoms with van der Waals surface area (Å²) >= 11 is 1.63. The molecule has 0 radical (unpaired) electrons. The molecule has 0 spiro atoms. The minimum Gasteiger partial charge on any atom is -0.497 e. The number of imidazole rings is 2. The van der Waals surface area contributed by atoms with Crippen molar-refractivity contribution in [1.29, 1.82) is 0 Å². The highest BCUT2D eigenvalue weighted by molar-refractivity contribution is 7.15. The Balaban J connectivity index is 1.56. The van der Waals surface area contributed by atoms with E-state index in [0.29, 0.717) is 0 Å². The summed E-state index contributed by atoms with van der Waals surface area (Å²) in [6.07, 6.45) is 4.07. The average Bonchev–Trinajstić information content (AvgIpc) is 3.34. The van der Waals surface area contributed by atoms with Gasteiger partial charge in [-0.25, -0.2) is 9.97 Å². The van der Waals surface area contributed by atoms with Gasteiger partial charge in [0.15, 0.2) is 4.96 Å². The minimum absolute atomic E-state index is 0.835. The summed E-state index contributed by atoms with van der Waals surface area (Å²) in [6.45, 7) is 0. The quantitative estimate of drug-likeness (QED) is 0.519. The van der Waals surface area contributed by atoms with Gasteiger partial charge in [0.2, 0.25) is 0 Å². The molecule has 2 aromatic carbocycles. The van der Waals surface area contributed by atoms with Gasteiger partial charge in [-0.1, -0.05) is 6.07 Å². The molecule has 0 saturated carbocycles. The number of hydrogen-bond acceptors (Lipinski definition) is 4. The maximum Gasteiger partial charge on any atom is 0.194 e. The predicted molar refractivity (Wildman–Crippen MR) is 100 cm³/mol. The van der Waals surface area contributed by atoms with Crippen LogP contribution in [0, 0.1) is 0 Å². The van der Waals surface area contributed by atoms with Crippen LogP contribution in [0.2, 0.25) is 0 Å². The van der Waals surface area contributed by atoms with E-state index in [9.17, 15) is 0 Å². The van der Waals surface area contributed by atoms with Crippen molar-refractivity contribution in [3.63, 3.8) is 0 Å². The zero-order valence-corrected chi connectivity index (χ0v) is 14.2. The van der Waals surface area contributed by atoms with Gasteiger partial charge in [0.25, 0.3) is 0 Å². The molecule has 0 aliphatic carbocycles. The Labute approximate surface area is 147 Å². The van der Waals surface area contributed by atoms with Crippen molar-refractivity contribution >= 4 is 27.3 Å². The number of nitrogens with one attached hydrogen (secondary N) is 1. The van der Waals surface area contributed by atoms with Crippen LogP contribution in [0.3, 0.4) is 0 Å². The number of H-pyrrole nitrogens is 1. The van der Waals surface area contributed by atoms with Gasteiger partial charge in [0.05, 0.1) is 23.8 Å². The van der Waals surface area contributed by atoms with Gasteiger partial charge in [-0.05, 0) is 36.4 Å². The predicted octanol–water partition coefficient (Wildman–Crippen LogP) is 4.61. The Morgan fingerprint density at radius 1 is 1.04 bits per heavy atom. The molecule has 0 atom stereocenters. The van der Waals surface area contributed by atoms with Crippen LogP contribution in [0.4, 0.5) is 0 Å². The van der Waals surface area contributed by atoms with Crippen molar-refractivity contribution in [3.05, 3.63) is 60.2 Å². The largest absolute Gasteiger partial charge is 0.497 e. The van der Waals surface area contributed by atoms with E-state index in [1.54, 1.807) is 18.4 Å². The fraction of sp³-hybridized carbons (Fsp3) is 0.0526. The average molecular weight is 346 g/mol. The zero-order valence-electron chi connectivity index (χ0n) is 13.4. The van der Waals surface area contributed by atoms with Gasteiger partial charge < -0.3 is 9.72 Å². The molecule has 0 fully saturated rings. The van der Waals surface area contributed by atoms with Gasteiger partial charge in [-0.2, -0.15) is 0 Å². The van der Waals surface area contributed by atoms with Crippen molar-refractivity contribution in [2.45, 2.75) is 0 Å². The number of aromatic amines is 1. The van der Waals surface area contributed by atoms with Crippen LogP contribution in [0.15, 0.2) is 60.2 Å². The van der Waals surface area contributed by atoms with Crippen molar-refractivity contribution in [3.8, 4) is 28.4 Å². The second kappa shape index (κ2) is 5.46. The molecule has 5 rings (SSSR count). The Kier molecular flexibility index (Phi) is 3.11. The van der Waals surface area contributed by atoms with E-state index >= 15 is 0 Å². The van der Waals surface area contributed by atoms with Crippen molar-refractivity contribution in [2.24, 2.45) is 0 Å². The number of rotatable bonds is 3. The van der Waals surface area contributed by atoms with Crippen molar-refractivity contribution in [2.75, 3.05) is 7.11 Å². The molecule has 0 amide bonds. The second-order valence-electron chi connectivity index (χ2n) is 5.76. The fourth-order valence-electron chi connectivity index (χ4n) is 2.92. The second-order valence-corrected chi connectivity index (χ2v) is 6.64. The molecule has 3 heterocycles. The van der Waals surface area contributed by atoms with Crippen LogP contribution in [-0.2, 0) is 0 Å². The smallest absolute Gasteiger partial charge is 0.194 e. The molecule has 0 bridgehead atoms. The van der Waals surface area contributed by atoms with Crippen molar-refractivity contribution < 1.29 is 4.74 Å². The highest BCUT2D eigenvalue weighted by atomic mass is 32.1. The first-order chi connectivity index (χ1) is 12.3. The minimum atomic E-state index is 0.835. The van der Waals surface area contributed by atoms with Gasteiger partial charge in [-0.15, -0.1) is 11.3 Å². The van der Waals surface area contributed by atoms with E-state index in [1.807, 2.05) is 52.5 Å². The standard InChI is InChI=1S/C19H14N4OS/c1-24-14-5-2-12(3-6-14)18-20-15-7-4-13(10-16(15)21-18)17-11-23-8-9-25-19(23)22-17/h2-11H,1H3,(H,20,21). The number of hydrogen-bond donors (Lipinski definition) is 1. The molecule has 0 aliphatic rings. The highest BCUT2D eigenvalue weighted by Gasteiger charge is 2.09. The number of benzene rings is 2. The van der Waals surface area contributed by atoms with E-state index in [-0.39, 0.29) is 0 Å². The fourth-order valence-corrected chi connectivity index (χ4v) is 3.62. The number of nitrogens with zero attached hydrogens (tertiary/aromatic N) is 3. The normalized spacial score (nSPS) is 11.4. The lowest BCUT2D eigenvalue weighted by atomic mass is 10.1. The van der Waals surface area contributed by atoms with E-state index < -0.39 is 0 Å². The van der Waals surface area contributed by atoms with Crippen LogP contribution < -0.4 is 4.74 Å². The third kappa shape index (κ3) is 2.38. The third-order valence-corrected chi connectivity index (χ3v) is 5.01. The molecule has 25 heavy (non-hydrogen) atoms. The molecule has 0 saturated heterocycles. The lowest BCUT2D eigenvalue weighted by Gasteiger charge is -2.00. The monoisotopic (exact) mass is 346 g/mol. The van der Waals surface area contributed by atoms with Gasteiger partial charge in [0.1, 0.15) is 11.6 Å². The first kappa shape index (κ1) is 14.2. The maximum atomic E-state index is 5.21. The SMILES string of the molecule is COc1ccc(-c2nc3ccc(-c4cn5ccsc5n4)cc3[nH]2)cc1. The van der Waals surface area contributed by atoms with Crippen molar-refractivity contribution in [1.82, 2.24) is 19.4 Å². The number of methoxy groups -OCH3 is 1. The summed E-state index contributed by atoms with van der Waals surface area (Å²) in [7, 11) is 1.66. The van der Waals surface area contributed by atoms with Gasteiger partial charge in [0, 0.05) is 28.9 Å². The summed E-state index contributed by atoms with van der Waals surface area (Å²) < 4.78 is 7.25. The van der Waals surface area contributed by atoms with Crippen LogP contribution >= 0.6 is 11.3 Å². The molecule has 1 N–H and O–H groups in total. The Morgan fingerprint density at radius 2 is 1.88 bits per heavy atom. The van der Waals surface area contributed by atoms with Crippen LogP contribution in [0.1, 0.15) is 0 Å². The number of thiazole rings is 1. The zero-order chi connectivity index (χ0) is 16.8. The van der Waals surface area contributed by atoms with Crippen LogP contribution in [0.25, 0.3) is 38.6 Å². The summed E-state index contributed by atoms with van der Waals surface area (Å²) in [6, 6.07) is 14.1. The lowest BCUT2D eigenvalue weighted by molar-refractivity contribution is 0.415. The molecule has 6 heteroatoms. The molecular weight excluding hydrogens is 332 g/mol. The molecule has 0 aliphatic heterocycles. The number of fused-ring (bicyclic) bond motifs is 2. The van der Waals surface area contributed by atoms with Crippen LogP contribution in [-0.4, -0.2) is 26.5 Å².